The van der Waals surface area contributed by atoms with E-state index in [2.05, 4.69) is 40.4 Å². The zero-order chi connectivity index (χ0) is 19.6. The Labute approximate surface area is 170 Å². The summed E-state index contributed by atoms with van der Waals surface area (Å²) >= 11 is 0. The lowest BCUT2D eigenvalue weighted by Gasteiger charge is -2.36. The summed E-state index contributed by atoms with van der Waals surface area (Å²) in [6.45, 7) is 3.55. The number of hydrogen-bond donors (Lipinski definition) is 0. The van der Waals surface area contributed by atoms with Crippen molar-refractivity contribution in [3.8, 4) is 11.3 Å². The first-order valence-electron chi connectivity index (χ1n) is 10.4. The van der Waals surface area contributed by atoms with Crippen molar-refractivity contribution < 1.29 is 9.32 Å². The van der Waals surface area contributed by atoms with Crippen LogP contribution in [0.3, 0.4) is 0 Å². The lowest BCUT2D eigenvalue weighted by molar-refractivity contribution is 0.0694. The fourth-order valence-electron chi connectivity index (χ4n) is 4.63. The number of amides is 1. The van der Waals surface area contributed by atoms with Crippen LogP contribution in [-0.2, 0) is 6.54 Å². The average molecular weight is 387 g/mol. The summed E-state index contributed by atoms with van der Waals surface area (Å²) in [6.07, 6.45) is 2.33. The van der Waals surface area contributed by atoms with E-state index in [1.165, 1.54) is 12.0 Å². The minimum atomic E-state index is -0.0434. The summed E-state index contributed by atoms with van der Waals surface area (Å²) in [5.41, 5.74) is 3.00. The summed E-state index contributed by atoms with van der Waals surface area (Å²) in [6, 6.07) is 22.6. The van der Waals surface area contributed by atoms with Crippen LogP contribution in [0.5, 0.6) is 0 Å². The van der Waals surface area contributed by atoms with Crippen molar-refractivity contribution in [1.82, 2.24) is 15.0 Å². The van der Waals surface area contributed by atoms with E-state index in [4.69, 9.17) is 4.52 Å². The number of benzene rings is 2. The van der Waals surface area contributed by atoms with Crippen molar-refractivity contribution in [3.05, 3.63) is 78.1 Å². The second-order valence-electron chi connectivity index (χ2n) is 8.16. The van der Waals surface area contributed by atoms with Crippen LogP contribution in [0, 0.1) is 5.92 Å². The Morgan fingerprint density at radius 3 is 2.52 bits per heavy atom. The predicted octanol–water partition coefficient (Wildman–Crippen LogP) is 4.08. The van der Waals surface area contributed by atoms with Gasteiger partial charge in [0.25, 0.3) is 5.91 Å². The quantitative estimate of drug-likeness (QED) is 0.677. The molecule has 3 fully saturated rings. The van der Waals surface area contributed by atoms with Crippen molar-refractivity contribution >= 4 is 5.91 Å². The van der Waals surface area contributed by atoms with Gasteiger partial charge in [0.2, 0.25) is 5.76 Å². The maximum atomic E-state index is 13.2. The molecule has 4 heterocycles. The van der Waals surface area contributed by atoms with Crippen LogP contribution in [-0.4, -0.2) is 46.5 Å². The van der Waals surface area contributed by atoms with Crippen LogP contribution in [0.1, 0.15) is 29.0 Å². The van der Waals surface area contributed by atoms with Crippen molar-refractivity contribution in [2.75, 3.05) is 19.6 Å². The Hall–Kier alpha value is -2.92. The topological polar surface area (TPSA) is 49.6 Å². The number of carbonyl (C=O) groups is 1. The summed E-state index contributed by atoms with van der Waals surface area (Å²) in [4.78, 5) is 17.7. The highest BCUT2D eigenvalue weighted by Gasteiger charge is 2.37. The lowest BCUT2D eigenvalue weighted by Crippen LogP contribution is -2.43. The minimum Gasteiger partial charge on any atom is -0.350 e. The van der Waals surface area contributed by atoms with E-state index in [0.717, 1.165) is 38.2 Å². The molecule has 0 aliphatic carbocycles. The number of aromatic nitrogens is 1. The van der Waals surface area contributed by atoms with Gasteiger partial charge in [-0.2, -0.15) is 0 Å². The Bertz CT molecular complexity index is 970. The number of nitrogens with zero attached hydrogens (tertiary/aromatic N) is 3. The first kappa shape index (κ1) is 18.1. The van der Waals surface area contributed by atoms with Gasteiger partial charge >= 0.3 is 0 Å². The van der Waals surface area contributed by atoms with Gasteiger partial charge in [0.1, 0.15) is 5.69 Å². The molecule has 3 aliphatic heterocycles. The second-order valence-corrected chi connectivity index (χ2v) is 8.16. The standard InChI is InChI=1S/C24H25N3O2/c28-24(23-13-22(25-29-23)20-9-5-2-6-10-20)27-16-19-11-12-21(17-27)26(15-19)14-18-7-3-1-4-8-18/h1-10,13,19,21H,11-12,14-17H2/t19-,21-/m1/s1. The lowest BCUT2D eigenvalue weighted by atomic mass is 9.94. The highest BCUT2D eigenvalue weighted by molar-refractivity contribution is 5.92. The van der Waals surface area contributed by atoms with E-state index >= 15 is 0 Å². The highest BCUT2D eigenvalue weighted by Crippen LogP contribution is 2.30. The van der Waals surface area contributed by atoms with Crippen LogP contribution in [0.15, 0.2) is 71.3 Å². The van der Waals surface area contributed by atoms with Gasteiger partial charge in [0.15, 0.2) is 0 Å². The van der Waals surface area contributed by atoms with Gasteiger partial charge < -0.3 is 9.42 Å². The van der Waals surface area contributed by atoms with Crippen molar-refractivity contribution in [1.29, 1.82) is 0 Å². The molecule has 3 saturated heterocycles. The van der Waals surface area contributed by atoms with Crippen LogP contribution in [0.25, 0.3) is 11.3 Å². The molecule has 1 amide bonds. The molecular formula is C24H25N3O2. The number of piperidine rings is 1. The minimum absolute atomic E-state index is 0.0434. The maximum absolute atomic E-state index is 13.2. The SMILES string of the molecule is O=C(c1cc(-c2ccccc2)no1)N1C[C@@H]2CC[C@H](C1)N(Cc1ccccc1)C2. The third-order valence-corrected chi connectivity index (χ3v) is 6.13. The van der Waals surface area contributed by atoms with Crippen LogP contribution >= 0.6 is 0 Å². The van der Waals surface area contributed by atoms with Gasteiger partial charge in [-0.1, -0.05) is 65.8 Å². The van der Waals surface area contributed by atoms with E-state index in [0.29, 0.717) is 23.4 Å². The smallest absolute Gasteiger partial charge is 0.292 e. The van der Waals surface area contributed by atoms with Crippen molar-refractivity contribution in [2.45, 2.75) is 25.4 Å². The molecule has 3 aliphatic rings. The van der Waals surface area contributed by atoms with Gasteiger partial charge in [-0.3, -0.25) is 9.69 Å². The molecule has 148 valence electrons. The molecule has 5 nitrogen and oxygen atoms in total. The zero-order valence-corrected chi connectivity index (χ0v) is 16.4. The predicted molar refractivity (Wildman–Crippen MR) is 111 cm³/mol. The fourth-order valence-corrected chi connectivity index (χ4v) is 4.63. The third kappa shape index (κ3) is 3.83. The molecule has 3 aromatic rings. The van der Waals surface area contributed by atoms with Gasteiger partial charge in [0, 0.05) is 43.9 Å². The van der Waals surface area contributed by atoms with Gasteiger partial charge in [-0.15, -0.1) is 0 Å². The average Bonchev–Trinajstić information content (AvgIpc) is 3.09. The van der Waals surface area contributed by atoms with Gasteiger partial charge in [0.05, 0.1) is 0 Å². The molecule has 0 unspecified atom stereocenters. The van der Waals surface area contributed by atoms with Crippen LogP contribution < -0.4 is 0 Å². The zero-order valence-electron chi connectivity index (χ0n) is 16.4. The van der Waals surface area contributed by atoms with Gasteiger partial charge in [-0.25, -0.2) is 0 Å². The molecule has 6 rings (SSSR count). The fraction of sp³-hybridized carbons (Fsp3) is 0.333. The summed E-state index contributed by atoms with van der Waals surface area (Å²) in [5, 5.41) is 4.12. The molecule has 2 aromatic carbocycles. The van der Waals surface area contributed by atoms with E-state index < -0.39 is 0 Å². The largest absolute Gasteiger partial charge is 0.350 e. The number of fused-ring (bicyclic) bond motifs is 4. The Morgan fingerprint density at radius 2 is 1.72 bits per heavy atom. The summed E-state index contributed by atoms with van der Waals surface area (Å²) < 4.78 is 5.43. The van der Waals surface area contributed by atoms with E-state index in [-0.39, 0.29) is 5.91 Å². The molecular weight excluding hydrogens is 362 g/mol. The molecule has 0 N–H and O–H groups in total. The van der Waals surface area contributed by atoms with Crippen LogP contribution in [0.2, 0.25) is 0 Å². The first-order chi connectivity index (χ1) is 14.3. The Balaban J connectivity index is 1.31. The summed E-state index contributed by atoms with van der Waals surface area (Å²) in [7, 11) is 0. The molecule has 5 heteroatoms. The molecule has 1 aromatic heterocycles. The maximum Gasteiger partial charge on any atom is 0.292 e. The molecule has 2 bridgehead atoms. The molecule has 0 saturated carbocycles. The Morgan fingerprint density at radius 1 is 0.966 bits per heavy atom. The number of carbonyl (C=O) groups excluding carboxylic acids is 1. The molecule has 29 heavy (non-hydrogen) atoms. The van der Waals surface area contributed by atoms with Crippen molar-refractivity contribution in [2.24, 2.45) is 5.92 Å². The third-order valence-electron chi connectivity index (χ3n) is 6.13. The van der Waals surface area contributed by atoms with E-state index in [9.17, 15) is 4.79 Å². The molecule has 2 atom stereocenters. The van der Waals surface area contributed by atoms with E-state index in [1.54, 1.807) is 6.07 Å². The number of rotatable bonds is 4. The van der Waals surface area contributed by atoms with E-state index in [1.807, 2.05) is 35.2 Å². The molecule has 0 radical (unpaired) electrons. The highest BCUT2D eigenvalue weighted by atomic mass is 16.5. The normalized spacial score (nSPS) is 21.9. The summed E-state index contributed by atoms with van der Waals surface area (Å²) in [5.74, 6) is 0.802. The van der Waals surface area contributed by atoms with Crippen molar-refractivity contribution in [3.63, 3.8) is 0 Å². The first-order valence-corrected chi connectivity index (χ1v) is 10.4. The second kappa shape index (κ2) is 7.84. The van der Waals surface area contributed by atoms with Gasteiger partial charge in [-0.05, 0) is 24.3 Å². The monoisotopic (exact) mass is 387 g/mol. The Kier molecular flexibility index (Phi) is 4.90. The number of hydrogen-bond acceptors (Lipinski definition) is 4. The van der Waals surface area contributed by atoms with Crippen LogP contribution in [0.4, 0.5) is 0 Å². The molecule has 0 spiro atoms.